The Bertz CT molecular complexity index is 1080. The minimum absolute atomic E-state index is 0.231. The topological polar surface area (TPSA) is 29.1 Å². The van der Waals surface area contributed by atoms with E-state index in [0.717, 1.165) is 33.1 Å². The summed E-state index contributed by atoms with van der Waals surface area (Å²) >= 11 is 0. The van der Waals surface area contributed by atoms with Crippen LogP contribution >= 0.6 is 7.14 Å². The fourth-order valence-electron chi connectivity index (χ4n) is 4.15. The summed E-state index contributed by atoms with van der Waals surface area (Å²) in [6.07, 6.45) is 0. The van der Waals surface area contributed by atoms with Crippen molar-refractivity contribution in [3.63, 3.8) is 0 Å². The van der Waals surface area contributed by atoms with Crippen molar-refractivity contribution >= 4 is 29.1 Å². The van der Waals surface area contributed by atoms with Gasteiger partial charge in [0.1, 0.15) is 0 Å². The minimum Gasteiger partial charge on any atom is -0.355 e. The number of nitrogens with one attached hydrogen (secondary N) is 1. The van der Waals surface area contributed by atoms with Gasteiger partial charge in [0.2, 0.25) is 0 Å². The number of anilines is 2. The molecule has 0 amide bonds. The lowest BCUT2D eigenvalue weighted by Gasteiger charge is -2.35. The quantitative estimate of drug-likeness (QED) is 0.451. The van der Waals surface area contributed by atoms with E-state index in [0.29, 0.717) is 0 Å². The lowest BCUT2D eigenvalue weighted by molar-refractivity contribution is 0.582. The van der Waals surface area contributed by atoms with Crippen LogP contribution in [0.1, 0.15) is 16.8 Å². The van der Waals surface area contributed by atoms with Gasteiger partial charge in [0.25, 0.3) is 0 Å². The van der Waals surface area contributed by atoms with Crippen LogP contribution in [0.4, 0.5) is 11.4 Å². The Morgan fingerprint density at radius 2 is 0.929 bits per heavy atom. The molecule has 136 valence electrons. The van der Waals surface area contributed by atoms with E-state index >= 15 is 4.57 Å². The van der Waals surface area contributed by atoms with Crippen molar-refractivity contribution < 1.29 is 4.57 Å². The largest absolute Gasteiger partial charge is 0.355 e. The first kappa shape index (κ1) is 17.0. The molecule has 0 fully saturated rings. The molecule has 1 heterocycles. The summed E-state index contributed by atoms with van der Waals surface area (Å²) in [5.74, 6) is 0. The molecular weight excluding hydrogens is 361 g/mol. The predicted octanol–water partition coefficient (Wildman–Crippen LogP) is 5.85. The van der Waals surface area contributed by atoms with Gasteiger partial charge in [-0.3, -0.25) is 0 Å². The molecule has 0 saturated carbocycles. The molecule has 4 aromatic carbocycles. The summed E-state index contributed by atoms with van der Waals surface area (Å²) in [5, 5.41) is 5.30. The van der Waals surface area contributed by atoms with E-state index in [2.05, 4.69) is 29.6 Å². The van der Waals surface area contributed by atoms with Gasteiger partial charge in [-0.25, -0.2) is 0 Å². The Morgan fingerprint density at radius 1 is 0.536 bits per heavy atom. The maximum absolute atomic E-state index is 15.1. The average molecular weight is 381 g/mol. The van der Waals surface area contributed by atoms with Crippen molar-refractivity contribution in [2.75, 3.05) is 5.32 Å². The zero-order chi connectivity index (χ0) is 19.0. The summed E-state index contributed by atoms with van der Waals surface area (Å²) in [7, 11) is -3.00. The van der Waals surface area contributed by atoms with E-state index in [1.165, 1.54) is 0 Å². The standard InChI is InChI=1S/C25H20NOP/c27-28(19-11-3-1-4-12-19,20-13-5-2-6-14-20)25-21-15-7-9-17-23(21)26-24-18-10-8-16-22(24)25/h1-18,25-26H. The van der Waals surface area contributed by atoms with Crippen LogP contribution in [-0.2, 0) is 4.57 Å². The van der Waals surface area contributed by atoms with E-state index in [1.54, 1.807) is 0 Å². The van der Waals surface area contributed by atoms with Crippen molar-refractivity contribution in [1.82, 2.24) is 0 Å². The van der Waals surface area contributed by atoms with Gasteiger partial charge in [-0.1, -0.05) is 97.1 Å². The predicted molar refractivity (Wildman–Crippen MR) is 118 cm³/mol. The van der Waals surface area contributed by atoms with Crippen molar-refractivity contribution in [1.29, 1.82) is 0 Å². The highest BCUT2D eigenvalue weighted by atomic mass is 31.2. The summed E-state index contributed by atoms with van der Waals surface area (Å²) in [6.45, 7) is 0. The molecule has 4 aromatic rings. The fraction of sp³-hybridized carbons (Fsp3) is 0.0400. The lowest BCUT2D eigenvalue weighted by atomic mass is 9.97. The monoisotopic (exact) mass is 381 g/mol. The molecule has 5 rings (SSSR count). The number of rotatable bonds is 3. The number of hydrogen-bond donors (Lipinski definition) is 1. The Morgan fingerprint density at radius 3 is 1.39 bits per heavy atom. The molecule has 1 aliphatic rings. The van der Waals surface area contributed by atoms with Gasteiger partial charge in [-0.15, -0.1) is 0 Å². The third-order valence-electron chi connectivity index (χ3n) is 5.42. The SMILES string of the molecule is O=P(c1ccccc1)(c1ccccc1)C1c2ccccc2Nc2ccccc21. The molecule has 0 unspecified atom stereocenters. The highest BCUT2D eigenvalue weighted by Gasteiger charge is 2.42. The molecule has 0 atom stereocenters. The van der Waals surface area contributed by atoms with Gasteiger partial charge < -0.3 is 9.88 Å². The first-order valence-electron chi connectivity index (χ1n) is 9.44. The highest BCUT2D eigenvalue weighted by molar-refractivity contribution is 7.79. The number of hydrogen-bond acceptors (Lipinski definition) is 2. The second-order valence-electron chi connectivity index (χ2n) is 7.03. The van der Waals surface area contributed by atoms with Crippen molar-refractivity contribution in [2.45, 2.75) is 5.66 Å². The molecule has 28 heavy (non-hydrogen) atoms. The van der Waals surface area contributed by atoms with Crippen LogP contribution < -0.4 is 15.9 Å². The molecule has 0 radical (unpaired) electrons. The molecule has 1 N–H and O–H groups in total. The Labute approximate surface area is 165 Å². The van der Waals surface area contributed by atoms with Crippen LogP contribution in [0.25, 0.3) is 0 Å². The molecule has 3 heteroatoms. The first-order valence-corrected chi connectivity index (χ1v) is 11.2. The van der Waals surface area contributed by atoms with Gasteiger partial charge >= 0.3 is 0 Å². The highest BCUT2D eigenvalue weighted by Crippen LogP contribution is 2.63. The van der Waals surface area contributed by atoms with Crippen molar-refractivity contribution in [3.8, 4) is 0 Å². The van der Waals surface area contributed by atoms with Gasteiger partial charge in [0.15, 0.2) is 7.14 Å². The van der Waals surface area contributed by atoms with Crippen LogP contribution in [0, 0.1) is 0 Å². The second kappa shape index (κ2) is 6.82. The zero-order valence-corrected chi connectivity index (χ0v) is 16.2. The van der Waals surface area contributed by atoms with Crippen LogP contribution in [-0.4, -0.2) is 0 Å². The summed E-state index contributed by atoms with van der Waals surface area (Å²) in [4.78, 5) is 0. The van der Waals surface area contributed by atoms with E-state index in [9.17, 15) is 0 Å². The Kier molecular flexibility index (Phi) is 4.15. The Hall–Kier alpha value is -3.09. The average Bonchev–Trinajstić information content (AvgIpc) is 2.78. The van der Waals surface area contributed by atoms with E-state index < -0.39 is 7.14 Å². The van der Waals surface area contributed by atoms with Gasteiger partial charge in [-0.2, -0.15) is 0 Å². The molecule has 0 spiro atoms. The molecule has 2 nitrogen and oxygen atoms in total. The molecular formula is C25H20NOP. The molecule has 1 aliphatic heterocycles. The molecule has 0 bridgehead atoms. The van der Waals surface area contributed by atoms with Gasteiger partial charge in [0, 0.05) is 22.0 Å². The number of benzene rings is 4. The van der Waals surface area contributed by atoms with Crippen LogP contribution in [0.15, 0.2) is 109 Å². The van der Waals surface area contributed by atoms with Crippen molar-refractivity contribution in [3.05, 3.63) is 120 Å². The summed E-state index contributed by atoms with van der Waals surface area (Å²) < 4.78 is 15.1. The summed E-state index contributed by atoms with van der Waals surface area (Å²) in [5.41, 5.74) is 3.98. The van der Waals surface area contributed by atoms with Crippen LogP contribution in [0.2, 0.25) is 0 Å². The summed E-state index contributed by atoms with van der Waals surface area (Å²) in [6, 6.07) is 36.3. The van der Waals surface area contributed by atoms with Gasteiger partial charge in [-0.05, 0) is 23.3 Å². The minimum atomic E-state index is -3.00. The van der Waals surface area contributed by atoms with Crippen LogP contribution in [0.5, 0.6) is 0 Å². The maximum atomic E-state index is 15.1. The zero-order valence-electron chi connectivity index (χ0n) is 15.3. The van der Waals surface area contributed by atoms with Crippen molar-refractivity contribution in [2.24, 2.45) is 0 Å². The smallest absolute Gasteiger partial charge is 0.154 e. The number of fused-ring (bicyclic) bond motifs is 2. The molecule has 0 saturated heterocycles. The second-order valence-corrected chi connectivity index (χ2v) is 9.90. The van der Waals surface area contributed by atoms with Gasteiger partial charge in [0.05, 0.1) is 5.66 Å². The normalized spacial score (nSPS) is 13.3. The van der Waals surface area contributed by atoms with Crippen LogP contribution in [0.3, 0.4) is 0 Å². The maximum Gasteiger partial charge on any atom is 0.154 e. The fourth-order valence-corrected chi connectivity index (χ4v) is 7.51. The Balaban J connectivity index is 1.85. The van der Waals surface area contributed by atoms with E-state index in [-0.39, 0.29) is 5.66 Å². The molecule has 0 aromatic heterocycles. The molecule has 0 aliphatic carbocycles. The third kappa shape index (κ3) is 2.61. The van der Waals surface area contributed by atoms with E-state index in [1.807, 2.05) is 84.9 Å². The number of para-hydroxylation sites is 2. The van der Waals surface area contributed by atoms with E-state index in [4.69, 9.17) is 0 Å². The third-order valence-corrected chi connectivity index (χ3v) is 8.84. The lowest BCUT2D eigenvalue weighted by Crippen LogP contribution is -2.25. The first-order chi connectivity index (χ1) is 13.8.